The normalized spacial score (nSPS) is 15.5. The molecule has 1 saturated heterocycles. The summed E-state index contributed by atoms with van der Waals surface area (Å²) in [5.74, 6) is -0.203. The summed E-state index contributed by atoms with van der Waals surface area (Å²) in [5, 5.41) is 8.73. The quantitative estimate of drug-likeness (QED) is 0.288. The minimum Gasteiger partial charge on any atom is -0.494 e. The molecule has 1 aromatic rings. The first-order valence-corrected chi connectivity index (χ1v) is 10.9. The van der Waals surface area contributed by atoms with Gasteiger partial charge in [0.05, 0.1) is 11.5 Å². The van der Waals surface area contributed by atoms with E-state index in [1.54, 1.807) is 0 Å². The van der Waals surface area contributed by atoms with Crippen molar-refractivity contribution in [3.8, 4) is 5.75 Å². The number of hydrogen-bond acceptors (Lipinski definition) is 5. The van der Waals surface area contributed by atoms with E-state index in [0.717, 1.165) is 24.3 Å². The van der Waals surface area contributed by atoms with Gasteiger partial charge in [-0.2, -0.15) is 0 Å². The van der Waals surface area contributed by atoms with Crippen LogP contribution in [-0.4, -0.2) is 39.4 Å². The lowest BCUT2D eigenvalue weighted by Crippen LogP contribution is -2.29. The average Bonchev–Trinajstić information content (AvgIpc) is 2.93. The second kappa shape index (κ2) is 11.9. The molecule has 1 heterocycles. The van der Waals surface area contributed by atoms with Crippen molar-refractivity contribution in [2.75, 3.05) is 13.2 Å². The first-order chi connectivity index (χ1) is 13.5. The molecule has 1 aliphatic rings. The second-order valence-electron chi connectivity index (χ2n) is 6.66. The highest BCUT2D eigenvalue weighted by Crippen LogP contribution is 2.33. The van der Waals surface area contributed by atoms with E-state index in [1.807, 2.05) is 30.3 Å². The van der Waals surface area contributed by atoms with Crippen LogP contribution < -0.4 is 4.74 Å². The van der Waals surface area contributed by atoms with E-state index in [2.05, 4.69) is 6.92 Å². The topological polar surface area (TPSA) is 66.8 Å². The average molecular weight is 422 g/mol. The molecule has 1 aliphatic heterocycles. The molecule has 0 bridgehead atoms. The second-order valence-corrected chi connectivity index (χ2v) is 8.34. The van der Waals surface area contributed by atoms with Crippen molar-refractivity contribution < 1.29 is 19.4 Å². The molecule has 152 valence electrons. The van der Waals surface area contributed by atoms with E-state index in [4.69, 9.17) is 22.1 Å². The van der Waals surface area contributed by atoms with Gasteiger partial charge in [0.25, 0.3) is 5.91 Å². The summed E-state index contributed by atoms with van der Waals surface area (Å²) >= 11 is 6.51. The number of carbonyl (C=O) groups excluding carboxylic acids is 1. The van der Waals surface area contributed by atoms with Crippen molar-refractivity contribution in [3.63, 3.8) is 0 Å². The van der Waals surface area contributed by atoms with Gasteiger partial charge in [0.15, 0.2) is 0 Å². The minimum atomic E-state index is -0.871. The van der Waals surface area contributed by atoms with Gasteiger partial charge in [-0.1, -0.05) is 68.7 Å². The van der Waals surface area contributed by atoms with Crippen LogP contribution in [0.3, 0.4) is 0 Å². The van der Waals surface area contributed by atoms with E-state index < -0.39 is 5.97 Å². The lowest BCUT2D eigenvalue weighted by atomic mass is 10.1. The summed E-state index contributed by atoms with van der Waals surface area (Å²) in [5.41, 5.74) is 0.904. The SMILES string of the molecule is CCCCCCCOc1ccc(C=C2SC(=S)N(CCCC(=O)O)C2=O)cc1. The fourth-order valence-corrected chi connectivity index (χ4v) is 4.10. The van der Waals surface area contributed by atoms with E-state index >= 15 is 0 Å². The molecular weight excluding hydrogens is 394 g/mol. The Bertz CT molecular complexity index is 716. The summed E-state index contributed by atoms with van der Waals surface area (Å²) in [6.45, 7) is 3.26. The molecule has 28 heavy (non-hydrogen) atoms. The molecule has 0 aliphatic carbocycles. The van der Waals surface area contributed by atoms with Crippen molar-refractivity contribution in [2.24, 2.45) is 0 Å². The first-order valence-electron chi connectivity index (χ1n) is 9.71. The molecule has 0 atom stereocenters. The van der Waals surface area contributed by atoms with Crippen molar-refractivity contribution in [1.82, 2.24) is 4.90 Å². The number of benzene rings is 1. The number of thiocarbonyl (C=S) groups is 1. The maximum Gasteiger partial charge on any atom is 0.303 e. The highest BCUT2D eigenvalue weighted by molar-refractivity contribution is 8.26. The molecule has 1 N–H and O–H groups in total. The van der Waals surface area contributed by atoms with Crippen LogP contribution in [0.15, 0.2) is 29.2 Å². The van der Waals surface area contributed by atoms with Gasteiger partial charge in [-0.15, -0.1) is 0 Å². The number of thioether (sulfide) groups is 1. The third kappa shape index (κ3) is 7.28. The number of hydrogen-bond donors (Lipinski definition) is 1. The fourth-order valence-electron chi connectivity index (χ4n) is 2.79. The molecule has 0 saturated carbocycles. The van der Waals surface area contributed by atoms with E-state index in [0.29, 0.717) is 22.2 Å². The third-order valence-corrected chi connectivity index (χ3v) is 5.72. The van der Waals surface area contributed by atoms with Crippen molar-refractivity contribution in [3.05, 3.63) is 34.7 Å². The Balaban J connectivity index is 1.84. The number of ether oxygens (including phenoxy) is 1. The van der Waals surface area contributed by atoms with Crippen LogP contribution in [0.25, 0.3) is 6.08 Å². The van der Waals surface area contributed by atoms with Crippen LogP contribution in [0.2, 0.25) is 0 Å². The first kappa shape index (κ1) is 22.4. The van der Waals surface area contributed by atoms with Crippen LogP contribution in [0.5, 0.6) is 5.75 Å². The molecule has 2 rings (SSSR count). The largest absolute Gasteiger partial charge is 0.494 e. The summed E-state index contributed by atoms with van der Waals surface area (Å²) in [6.07, 6.45) is 8.25. The van der Waals surface area contributed by atoms with Gasteiger partial charge in [-0.25, -0.2) is 0 Å². The number of unbranched alkanes of at least 4 members (excludes halogenated alkanes) is 4. The number of amides is 1. The molecule has 5 nitrogen and oxygen atoms in total. The summed E-state index contributed by atoms with van der Waals surface area (Å²) in [4.78, 5) is 25.2. The standard InChI is InChI=1S/C21H27NO4S2/c1-2-3-4-5-6-14-26-17-11-9-16(10-12-17)15-18-20(25)22(21(27)28-18)13-7-8-19(23)24/h9-12,15H,2-8,13-14H2,1H3,(H,23,24). The van der Waals surface area contributed by atoms with Gasteiger partial charge < -0.3 is 9.84 Å². The minimum absolute atomic E-state index is 0.0240. The van der Waals surface area contributed by atoms with Gasteiger partial charge in [-0.05, 0) is 36.6 Å². The third-order valence-electron chi connectivity index (χ3n) is 4.34. The maximum atomic E-state index is 12.5. The van der Waals surface area contributed by atoms with Crippen LogP contribution >= 0.6 is 24.0 Å². The van der Waals surface area contributed by atoms with Crippen LogP contribution in [0, 0.1) is 0 Å². The molecular formula is C21H27NO4S2. The van der Waals surface area contributed by atoms with Crippen LogP contribution in [-0.2, 0) is 9.59 Å². The van der Waals surface area contributed by atoms with E-state index in [9.17, 15) is 9.59 Å². The number of rotatable bonds is 12. The van der Waals surface area contributed by atoms with Gasteiger partial charge in [0.2, 0.25) is 0 Å². The van der Waals surface area contributed by atoms with Crippen molar-refractivity contribution in [2.45, 2.75) is 51.9 Å². The molecule has 0 spiro atoms. The number of carbonyl (C=O) groups is 2. The maximum absolute atomic E-state index is 12.5. The van der Waals surface area contributed by atoms with Gasteiger partial charge in [0, 0.05) is 13.0 Å². The smallest absolute Gasteiger partial charge is 0.303 e. The van der Waals surface area contributed by atoms with Crippen molar-refractivity contribution in [1.29, 1.82) is 0 Å². The summed E-state index contributed by atoms with van der Waals surface area (Å²) < 4.78 is 6.24. The van der Waals surface area contributed by atoms with E-state index in [-0.39, 0.29) is 12.3 Å². The zero-order chi connectivity index (χ0) is 20.4. The molecule has 0 radical (unpaired) electrons. The Morgan fingerprint density at radius 1 is 1.18 bits per heavy atom. The lowest BCUT2D eigenvalue weighted by molar-refractivity contribution is -0.137. The van der Waals surface area contributed by atoms with Crippen LogP contribution in [0.1, 0.15) is 57.4 Å². The Morgan fingerprint density at radius 3 is 2.57 bits per heavy atom. The zero-order valence-corrected chi connectivity index (χ0v) is 17.8. The monoisotopic (exact) mass is 421 g/mol. The highest BCUT2D eigenvalue weighted by atomic mass is 32.2. The van der Waals surface area contributed by atoms with Crippen LogP contribution in [0.4, 0.5) is 0 Å². The lowest BCUT2D eigenvalue weighted by Gasteiger charge is -2.13. The zero-order valence-electron chi connectivity index (χ0n) is 16.2. The fraction of sp³-hybridized carbons (Fsp3) is 0.476. The molecule has 1 amide bonds. The van der Waals surface area contributed by atoms with Gasteiger partial charge in [0.1, 0.15) is 10.1 Å². The molecule has 1 aromatic carbocycles. The Hall–Kier alpha value is -1.86. The van der Waals surface area contributed by atoms with E-state index in [1.165, 1.54) is 42.3 Å². The highest BCUT2D eigenvalue weighted by Gasteiger charge is 2.31. The Kier molecular flexibility index (Phi) is 9.50. The van der Waals surface area contributed by atoms with Crippen molar-refractivity contribution >= 4 is 46.3 Å². The molecule has 1 fully saturated rings. The number of nitrogens with zero attached hydrogens (tertiary/aromatic N) is 1. The molecule has 0 unspecified atom stereocenters. The number of aliphatic carboxylic acids is 1. The Morgan fingerprint density at radius 2 is 1.89 bits per heavy atom. The van der Waals surface area contributed by atoms with Gasteiger partial charge >= 0.3 is 5.97 Å². The predicted molar refractivity (Wildman–Crippen MR) is 117 cm³/mol. The number of carboxylic acid groups (broad SMARTS) is 1. The summed E-state index contributed by atoms with van der Waals surface area (Å²) in [7, 11) is 0. The summed E-state index contributed by atoms with van der Waals surface area (Å²) in [6, 6.07) is 7.66. The Labute approximate surface area is 176 Å². The molecule has 0 aromatic heterocycles. The number of carboxylic acids is 1. The van der Waals surface area contributed by atoms with Gasteiger partial charge in [-0.3, -0.25) is 14.5 Å². The molecule has 7 heteroatoms. The predicted octanol–water partition coefficient (Wildman–Crippen LogP) is 5.10.